The van der Waals surface area contributed by atoms with Crippen LogP contribution in [0.1, 0.15) is 31.7 Å². The smallest absolute Gasteiger partial charge is 0.371 e. The van der Waals surface area contributed by atoms with Gasteiger partial charge < -0.3 is 10.7 Å². The first-order valence-electron chi connectivity index (χ1n) is 9.53. The molecule has 0 saturated carbocycles. The number of alkyl halides is 3. The van der Waals surface area contributed by atoms with E-state index < -0.39 is 22.0 Å². The van der Waals surface area contributed by atoms with Crippen LogP contribution in [0.3, 0.4) is 0 Å². The molecule has 0 unspecified atom stereocenters. The normalized spacial score (nSPS) is 14.9. The Balaban J connectivity index is 2.45. The molecular weight excluding hydrogens is 453 g/mol. The molecule has 0 bridgehead atoms. The van der Waals surface area contributed by atoms with Gasteiger partial charge in [0.25, 0.3) is 0 Å². The number of nitrogens with zero attached hydrogens (tertiary/aromatic N) is 4. The van der Waals surface area contributed by atoms with Crippen molar-refractivity contribution in [3.05, 3.63) is 29.3 Å². The van der Waals surface area contributed by atoms with Crippen molar-refractivity contribution in [2.45, 2.75) is 38.8 Å². The van der Waals surface area contributed by atoms with Gasteiger partial charge in [-0.3, -0.25) is 4.72 Å². The Labute approximate surface area is 183 Å². The quantitative estimate of drug-likeness (QED) is 0.166. The topological polar surface area (TPSA) is 113 Å². The molecule has 1 aliphatic heterocycles. The molecule has 0 atom stereocenters. The zero-order chi connectivity index (χ0) is 23.1. The zero-order valence-corrected chi connectivity index (χ0v) is 18.7. The Morgan fingerprint density at radius 1 is 1.42 bits per heavy atom. The minimum atomic E-state index is -4.87. The molecule has 13 heteroatoms. The van der Waals surface area contributed by atoms with E-state index in [0.717, 1.165) is 61.8 Å². The number of azo groups is 1. The van der Waals surface area contributed by atoms with E-state index in [0.29, 0.717) is 0 Å². The lowest BCUT2D eigenvalue weighted by Gasteiger charge is -2.32. The molecule has 1 aromatic rings. The van der Waals surface area contributed by atoms with Crippen molar-refractivity contribution < 1.29 is 21.6 Å². The third-order valence-corrected chi connectivity index (χ3v) is 6.15. The number of rotatable bonds is 10. The molecule has 2 rings (SSSR count). The zero-order valence-electron chi connectivity index (χ0n) is 17.0. The van der Waals surface area contributed by atoms with Crippen LogP contribution in [-0.2, 0) is 16.4 Å². The van der Waals surface area contributed by atoms with Crippen molar-refractivity contribution in [3.8, 4) is 0 Å². The van der Waals surface area contributed by atoms with Gasteiger partial charge in [0.2, 0.25) is 10.0 Å². The van der Waals surface area contributed by atoms with E-state index in [1.807, 2.05) is 4.72 Å². The van der Waals surface area contributed by atoms with E-state index in [1.54, 1.807) is 6.07 Å². The van der Waals surface area contributed by atoms with Gasteiger partial charge in [-0.25, -0.2) is 8.42 Å². The summed E-state index contributed by atoms with van der Waals surface area (Å²) in [5.74, 6) is 3.02. The number of unbranched alkanes of at least 4 members (excludes halogenated alkanes) is 1. The van der Waals surface area contributed by atoms with Gasteiger partial charge in [0.1, 0.15) is 10.7 Å². The number of aryl methyl sites for hydroxylation is 1. The molecule has 31 heavy (non-hydrogen) atoms. The van der Waals surface area contributed by atoms with Crippen LogP contribution in [0, 0.1) is 0 Å². The number of benzene rings is 1. The largest absolute Gasteiger partial charge is 0.404 e. The number of halogens is 3. The lowest BCUT2D eigenvalue weighted by Crippen LogP contribution is -2.31. The highest BCUT2D eigenvalue weighted by Gasteiger charge is 2.35. The van der Waals surface area contributed by atoms with Crippen LogP contribution < -0.4 is 15.5 Å². The van der Waals surface area contributed by atoms with Crippen LogP contribution in [-0.4, -0.2) is 39.0 Å². The Hall–Kier alpha value is -2.28. The summed E-state index contributed by atoms with van der Waals surface area (Å²) in [5, 5.41) is 11.4. The van der Waals surface area contributed by atoms with Crippen LogP contribution in [0.5, 0.6) is 0 Å². The number of hydrazone groups is 1. The maximum atomic E-state index is 12.7. The van der Waals surface area contributed by atoms with Crippen LogP contribution in [0.2, 0.25) is 0 Å². The highest BCUT2D eigenvalue weighted by Crippen LogP contribution is 2.38. The highest BCUT2D eigenvalue weighted by molar-refractivity contribution is 8.15. The summed E-state index contributed by atoms with van der Waals surface area (Å²) in [6.07, 6.45) is -1.31. The maximum absolute atomic E-state index is 12.7. The van der Waals surface area contributed by atoms with Crippen molar-refractivity contribution in [2.75, 3.05) is 28.5 Å². The van der Waals surface area contributed by atoms with E-state index in [2.05, 4.69) is 33.7 Å². The summed E-state index contributed by atoms with van der Waals surface area (Å²) in [6.45, 7) is 7.27. The summed E-state index contributed by atoms with van der Waals surface area (Å²) in [7, 11) is -4.69. The molecule has 0 spiro atoms. The summed E-state index contributed by atoms with van der Waals surface area (Å²) >= 11 is 0.994. The second-order valence-electron chi connectivity index (χ2n) is 6.88. The maximum Gasteiger partial charge on any atom is 0.404 e. The predicted octanol–water partition coefficient (Wildman–Crippen LogP) is 4.73. The Kier molecular flexibility index (Phi) is 8.74. The fourth-order valence-electron chi connectivity index (χ4n) is 3.08. The predicted molar refractivity (Wildman–Crippen MR) is 119 cm³/mol. The Morgan fingerprint density at radius 3 is 2.81 bits per heavy atom. The fraction of sp³-hybridized carbons (Fsp3) is 0.500. The standard InChI is InChI=1S/C18H25F3N6O2S2/c1-3-4-7-27-8-5-6-14-9-15(25-24-13(2)30-12-23-22)16(10-17(14)27)26-31(28,29)11-18(19,20)21/h9-10,12,26H,2-8,11,22H2,1H3/b23-12-,25-24?. The van der Waals surface area contributed by atoms with Crippen LogP contribution in [0.25, 0.3) is 0 Å². The summed E-state index contributed by atoms with van der Waals surface area (Å²) < 4.78 is 64.3. The minimum absolute atomic E-state index is 0.0690. The first-order chi connectivity index (χ1) is 14.5. The number of anilines is 2. The van der Waals surface area contributed by atoms with Gasteiger partial charge in [-0.1, -0.05) is 31.7 Å². The molecular formula is C18H25F3N6O2S2. The summed E-state index contributed by atoms with van der Waals surface area (Å²) in [6, 6.07) is 3.18. The van der Waals surface area contributed by atoms with E-state index in [-0.39, 0.29) is 16.4 Å². The molecule has 0 aromatic heterocycles. The lowest BCUT2D eigenvalue weighted by molar-refractivity contribution is -0.106. The van der Waals surface area contributed by atoms with Crippen molar-refractivity contribution in [1.29, 1.82) is 0 Å². The molecule has 172 valence electrons. The van der Waals surface area contributed by atoms with Crippen LogP contribution in [0.4, 0.5) is 30.2 Å². The van der Waals surface area contributed by atoms with Gasteiger partial charge in [-0.15, -0.1) is 10.2 Å². The molecule has 0 fully saturated rings. The van der Waals surface area contributed by atoms with Crippen molar-refractivity contribution in [1.82, 2.24) is 0 Å². The van der Waals surface area contributed by atoms with Gasteiger partial charge in [-0.2, -0.15) is 18.3 Å². The fourth-order valence-corrected chi connectivity index (χ4v) is 4.36. The van der Waals surface area contributed by atoms with Crippen LogP contribution >= 0.6 is 11.8 Å². The van der Waals surface area contributed by atoms with Crippen molar-refractivity contribution in [3.63, 3.8) is 0 Å². The lowest BCUT2D eigenvalue weighted by atomic mass is 10.00. The minimum Gasteiger partial charge on any atom is -0.371 e. The Morgan fingerprint density at radius 2 is 2.16 bits per heavy atom. The van der Waals surface area contributed by atoms with Gasteiger partial charge in [-0.05, 0) is 37.0 Å². The third-order valence-electron chi connectivity index (χ3n) is 4.33. The number of fused-ring (bicyclic) bond motifs is 1. The Bertz CT molecular complexity index is 948. The number of hydrogen-bond donors (Lipinski definition) is 2. The van der Waals surface area contributed by atoms with Crippen molar-refractivity contribution in [2.24, 2.45) is 21.2 Å². The summed E-state index contributed by atoms with van der Waals surface area (Å²) in [4.78, 5) is 2.11. The van der Waals surface area contributed by atoms with E-state index in [1.165, 1.54) is 11.6 Å². The second-order valence-corrected chi connectivity index (χ2v) is 9.52. The molecule has 3 N–H and O–H groups in total. The summed E-state index contributed by atoms with van der Waals surface area (Å²) in [5.41, 5.74) is 3.03. The first kappa shape index (κ1) is 25.0. The SMILES string of the molecule is C=C(N=Nc1cc2c(cc1NS(=O)(=O)CC(F)(F)F)N(CCCC)CCC2)S/C=N\N. The molecule has 0 saturated heterocycles. The number of sulfonamides is 1. The molecule has 1 aliphatic rings. The average Bonchev–Trinajstić information content (AvgIpc) is 2.66. The molecule has 1 heterocycles. The molecule has 8 nitrogen and oxygen atoms in total. The molecule has 0 aliphatic carbocycles. The number of nitrogens with one attached hydrogen (secondary N) is 1. The van der Waals surface area contributed by atoms with Gasteiger partial charge in [0.05, 0.1) is 11.2 Å². The molecule has 0 radical (unpaired) electrons. The van der Waals surface area contributed by atoms with Gasteiger partial charge in [0.15, 0.2) is 5.75 Å². The first-order valence-corrected chi connectivity index (χ1v) is 12.1. The van der Waals surface area contributed by atoms with E-state index in [4.69, 9.17) is 5.84 Å². The van der Waals surface area contributed by atoms with Crippen molar-refractivity contribution >= 4 is 44.4 Å². The molecule has 1 aromatic carbocycles. The second kappa shape index (κ2) is 10.8. The highest BCUT2D eigenvalue weighted by atomic mass is 32.2. The average molecular weight is 479 g/mol. The number of nitrogens with two attached hydrogens (primary N) is 1. The third kappa shape index (κ3) is 8.05. The van der Waals surface area contributed by atoms with Gasteiger partial charge >= 0.3 is 6.18 Å². The van der Waals surface area contributed by atoms with Gasteiger partial charge in [0, 0.05) is 18.8 Å². The van der Waals surface area contributed by atoms with E-state index >= 15 is 0 Å². The van der Waals surface area contributed by atoms with E-state index in [9.17, 15) is 21.6 Å². The monoisotopic (exact) mass is 478 g/mol. The number of thioether (sulfide) groups is 1. The molecule has 0 amide bonds. The number of hydrogen-bond acceptors (Lipinski definition) is 8. The van der Waals surface area contributed by atoms with Crippen LogP contribution in [0.15, 0.2) is 39.1 Å².